The molecule has 0 aliphatic carbocycles. The Hall–Kier alpha value is -3.65. The number of pyridine rings is 2. The number of hydrogen-bond donors (Lipinski definition) is 2. The monoisotopic (exact) mass is 421 g/mol. The van der Waals surface area contributed by atoms with E-state index in [0.29, 0.717) is 35.4 Å². The topological polar surface area (TPSA) is 112 Å². The Kier molecular flexibility index (Phi) is 4.29. The van der Waals surface area contributed by atoms with E-state index >= 15 is 0 Å². The van der Waals surface area contributed by atoms with Crippen molar-refractivity contribution in [2.24, 2.45) is 10.7 Å². The third-order valence-corrected chi connectivity index (χ3v) is 5.30. The Balaban J connectivity index is 1.57. The van der Waals surface area contributed by atoms with Crippen LogP contribution in [0, 0.1) is 0 Å². The first-order valence-corrected chi connectivity index (χ1v) is 9.62. The number of nitrogens with zero attached hydrogens (tertiary/aromatic N) is 3. The predicted octanol–water partition coefficient (Wildman–Crippen LogP) is 3.47. The van der Waals surface area contributed by atoms with Crippen LogP contribution in [0.15, 0.2) is 59.9 Å². The number of anilines is 1. The number of carbonyl (C=O) groups is 1. The Morgan fingerprint density at radius 2 is 2.07 bits per heavy atom. The van der Waals surface area contributed by atoms with Gasteiger partial charge in [-0.1, -0.05) is 11.6 Å². The van der Waals surface area contributed by atoms with Crippen molar-refractivity contribution in [3.63, 3.8) is 0 Å². The molecule has 2 aliphatic heterocycles. The lowest BCUT2D eigenvalue weighted by atomic mass is 9.78. The van der Waals surface area contributed by atoms with E-state index in [0.717, 1.165) is 11.1 Å². The molecule has 1 unspecified atom stereocenters. The molecule has 0 saturated heterocycles. The Morgan fingerprint density at radius 1 is 1.17 bits per heavy atom. The van der Waals surface area contributed by atoms with E-state index in [-0.39, 0.29) is 17.6 Å². The highest BCUT2D eigenvalue weighted by Crippen LogP contribution is 2.51. The van der Waals surface area contributed by atoms with Gasteiger partial charge in [0.1, 0.15) is 17.0 Å². The van der Waals surface area contributed by atoms with Crippen LogP contribution in [-0.4, -0.2) is 28.5 Å². The molecule has 1 amide bonds. The van der Waals surface area contributed by atoms with Crippen LogP contribution >= 0.6 is 11.6 Å². The van der Waals surface area contributed by atoms with Gasteiger partial charge >= 0.3 is 0 Å². The summed E-state index contributed by atoms with van der Waals surface area (Å²) in [4.78, 5) is 25.6. The molecule has 30 heavy (non-hydrogen) atoms. The number of aromatic nitrogens is 2. The first kappa shape index (κ1) is 18.4. The van der Waals surface area contributed by atoms with E-state index < -0.39 is 5.54 Å². The van der Waals surface area contributed by atoms with Crippen LogP contribution in [-0.2, 0) is 10.3 Å². The van der Waals surface area contributed by atoms with Gasteiger partial charge in [0.05, 0.1) is 11.6 Å². The van der Waals surface area contributed by atoms with E-state index in [1.54, 1.807) is 30.5 Å². The number of amides is 1. The molecule has 0 saturated carbocycles. The largest absolute Gasteiger partial charge is 0.465 e. The van der Waals surface area contributed by atoms with Gasteiger partial charge in [-0.05, 0) is 42.5 Å². The highest BCUT2D eigenvalue weighted by atomic mass is 35.5. The Labute approximate surface area is 176 Å². The number of halogens is 1. The quantitative estimate of drug-likeness (QED) is 0.655. The first-order valence-electron chi connectivity index (χ1n) is 9.24. The molecule has 0 bridgehead atoms. The number of benzene rings is 1. The van der Waals surface area contributed by atoms with Gasteiger partial charge < -0.3 is 20.5 Å². The first-order chi connectivity index (χ1) is 14.5. The van der Waals surface area contributed by atoms with Crippen molar-refractivity contribution in [1.29, 1.82) is 0 Å². The van der Waals surface area contributed by atoms with Gasteiger partial charge in [0.25, 0.3) is 11.9 Å². The lowest BCUT2D eigenvalue weighted by Crippen LogP contribution is -2.38. The zero-order valence-electron chi connectivity index (χ0n) is 15.6. The molecule has 8 nitrogen and oxygen atoms in total. The highest BCUT2D eigenvalue weighted by Gasteiger charge is 2.45. The van der Waals surface area contributed by atoms with Crippen LogP contribution in [0.3, 0.4) is 0 Å². The SMILES string of the molecule is NC1=NC2(CCO1)c1cc(NC(=O)c3ccc(Cl)cn3)ccc1Oc1ncccc12. The minimum Gasteiger partial charge on any atom is -0.465 e. The molecule has 0 fully saturated rings. The third kappa shape index (κ3) is 3.02. The fraction of sp³-hybridized carbons (Fsp3) is 0.143. The molecule has 1 spiro atoms. The fourth-order valence-corrected chi connectivity index (χ4v) is 3.84. The van der Waals surface area contributed by atoms with Gasteiger partial charge in [-0.3, -0.25) is 4.79 Å². The number of rotatable bonds is 2. The number of aliphatic imine (C=N–C) groups is 1. The molecule has 3 aromatic rings. The standard InChI is InChI=1S/C21H16ClN5O3/c22-12-3-5-16(25-11-12)18(28)26-13-4-6-17-15(10-13)21(7-9-29-20(23)27-21)14-2-1-8-24-19(14)30-17/h1-6,8,10-11H,7,9H2,(H2,23,27)(H,26,28). The van der Waals surface area contributed by atoms with Gasteiger partial charge in [-0.25, -0.2) is 15.0 Å². The summed E-state index contributed by atoms with van der Waals surface area (Å²) in [6.07, 6.45) is 3.64. The van der Waals surface area contributed by atoms with Gasteiger partial charge in [0.2, 0.25) is 5.88 Å². The summed E-state index contributed by atoms with van der Waals surface area (Å²) in [5.74, 6) is 0.724. The van der Waals surface area contributed by atoms with Crippen molar-refractivity contribution < 1.29 is 14.3 Å². The summed E-state index contributed by atoms with van der Waals surface area (Å²) in [5.41, 5.74) is 7.54. The van der Waals surface area contributed by atoms with Crippen LogP contribution in [0.2, 0.25) is 5.02 Å². The van der Waals surface area contributed by atoms with Crippen LogP contribution in [0.5, 0.6) is 11.6 Å². The number of ether oxygens (including phenoxy) is 2. The number of hydrogen-bond acceptors (Lipinski definition) is 7. The average molecular weight is 422 g/mol. The third-order valence-electron chi connectivity index (χ3n) is 5.08. The van der Waals surface area contributed by atoms with Gasteiger partial charge in [-0.2, -0.15) is 0 Å². The lowest BCUT2D eigenvalue weighted by Gasteiger charge is -2.38. The molecule has 1 aromatic carbocycles. The van der Waals surface area contributed by atoms with Crippen molar-refractivity contribution >= 4 is 29.2 Å². The molecule has 150 valence electrons. The summed E-state index contributed by atoms with van der Waals surface area (Å²) in [6.45, 7) is 0.397. The molecule has 0 radical (unpaired) electrons. The van der Waals surface area contributed by atoms with Crippen molar-refractivity contribution in [1.82, 2.24) is 9.97 Å². The minimum absolute atomic E-state index is 0.101. The maximum Gasteiger partial charge on any atom is 0.283 e. The zero-order chi connectivity index (χ0) is 20.7. The molecule has 9 heteroatoms. The van der Waals surface area contributed by atoms with Gasteiger partial charge in [0.15, 0.2) is 0 Å². The number of fused-ring (bicyclic) bond motifs is 4. The molecule has 4 heterocycles. The van der Waals surface area contributed by atoms with Crippen molar-refractivity contribution in [3.05, 3.63) is 76.7 Å². The average Bonchev–Trinajstić information content (AvgIpc) is 2.75. The number of nitrogens with two attached hydrogens (primary N) is 1. The van der Waals surface area contributed by atoms with E-state index in [4.69, 9.17) is 26.8 Å². The zero-order valence-corrected chi connectivity index (χ0v) is 16.4. The normalized spacial score (nSPS) is 19.0. The number of amidine groups is 1. The molecular formula is C21H16ClN5O3. The second-order valence-corrected chi connectivity index (χ2v) is 7.33. The Morgan fingerprint density at radius 3 is 2.87 bits per heavy atom. The van der Waals surface area contributed by atoms with Crippen LogP contribution in [0.1, 0.15) is 28.0 Å². The predicted molar refractivity (Wildman–Crippen MR) is 111 cm³/mol. The van der Waals surface area contributed by atoms with Crippen molar-refractivity contribution in [2.45, 2.75) is 12.0 Å². The molecular weight excluding hydrogens is 406 g/mol. The van der Waals surface area contributed by atoms with E-state index in [2.05, 4.69) is 20.3 Å². The molecule has 3 N–H and O–H groups in total. The summed E-state index contributed by atoms with van der Waals surface area (Å²) in [5, 5.41) is 3.32. The lowest BCUT2D eigenvalue weighted by molar-refractivity contribution is 0.102. The van der Waals surface area contributed by atoms with E-state index in [9.17, 15) is 4.79 Å². The molecule has 5 rings (SSSR count). The van der Waals surface area contributed by atoms with Crippen molar-refractivity contribution in [2.75, 3.05) is 11.9 Å². The maximum absolute atomic E-state index is 12.6. The van der Waals surface area contributed by atoms with Crippen LogP contribution < -0.4 is 15.8 Å². The van der Waals surface area contributed by atoms with Gasteiger partial charge in [-0.15, -0.1) is 0 Å². The Bertz CT molecular complexity index is 1180. The summed E-state index contributed by atoms with van der Waals surface area (Å²) < 4.78 is 11.4. The van der Waals surface area contributed by atoms with Gasteiger partial charge in [0, 0.05) is 35.6 Å². The number of carbonyl (C=O) groups excluding carboxylic acids is 1. The second kappa shape index (κ2) is 7.00. The molecule has 1 atom stereocenters. The second-order valence-electron chi connectivity index (χ2n) is 6.89. The summed E-state index contributed by atoms with van der Waals surface area (Å²) >= 11 is 5.85. The van der Waals surface area contributed by atoms with Crippen molar-refractivity contribution in [3.8, 4) is 11.6 Å². The summed E-state index contributed by atoms with van der Waals surface area (Å²) in [7, 11) is 0. The summed E-state index contributed by atoms with van der Waals surface area (Å²) in [6, 6.07) is 12.4. The smallest absolute Gasteiger partial charge is 0.283 e. The fourth-order valence-electron chi connectivity index (χ4n) is 3.73. The molecule has 2 aliphatic rings. The van der Waals surface area contributed by atoms with E-state index in [1.807, 2.05) is 18.2 Å². The highest BCUT2D eigenvalue weighted by molar-refractivity contribution is 6.30. The number of nitrogens with one attached hydrogen (secondary N) is 1. The minimum atomic E-state index is -0.807. The maximum atomic E-state index is 12.6. The van der Waals surface area contributed by atoms with Crippen LogP contribution in [0.4, 0.5) is 5.69 Å². The molecule has 2 aromatic heterocycles. The van der Waals surface area contributed by atoms with Crippen LogP contribution in [0.25, 0.3) is 0 Å². The van der Waals surface area contributed by atoms with E-state index in [1.165, 1.54) is 6.20 Å².